The molecule has 1 N–H and O–H groups in total. The molecule has 1 saturated heterocycles. The van der Waals surface area contributed by atoms with Crippen LogP contribution < -0.4 is 4.74 Å². The molecule has 0 radical (unpaired) electrons. The molecule has 2 rings (SSSR count). The molecule has 116 valence electrons. The third-order valence-corrected chi connectivity index (χ3v) is 4.61. The number of amides is 1. The van der Waals surface area contributed by atoms with E-state index < -0.39 is 0 Å². The summed E-state index contributed by atoms with van der Waals surface area (Å²) in [5.41, 5.74) is 0.770. The minimum absolute atomic E-state index is 0.00636. The Morgan fingerprint density at radius 3 is 2.33 bits per heavy atom. The molecule has 21 heavy (non-hydrogen) atoms. The summed E-state index contributed by atoms with van der Waals surface area (Å²) in [6.45, 7) is 3.24. The van der Waals surface area contributed by atoms with Gasteiger partial charge < -0.3 is 19.6 Å². The van der Waals surface area contributed by atoms with Gasteiger partial charge in [0.15, 0.2) is 6.61 Å². The fourth-order valence-electron chi connectivity index (χ4n) is 2.12. The summed E-state index contributed by atoms with van der Waals surface area (Å²) in [6.07, 6.45) is 0. The van der Waals surface area contributed by atoms with Gasteiger partial charge in [0.2, 0.25) is 0 Å². The summed E-state index contributed by atoms with van der Waals surface area (Å²) in [5.74, 6) is 0.572. The number of aliphatic hydroxyl groups excluding tert-OH is 1. The summed E-state index contributed by atoms with van der Waals surface area (Å²) < 4.78 is 7.06. The highest BCUT2D eigenvalue weighted by molar-refractivity contribution is 9.11. The molecule has 1 amide bonds. The van der Waals surface area contributed by atoms with Crippen LogP contribution in [0.2, 0.25) is 0 Å². The van der Waals surface area contributed by atoms with Gasteiger partial charge in [-0.1, -0.05) is 0 Å². The van der Waals surface area contributed by atoms with Crippen molar-refractivity contribution in [3.8, 4) is 5.75 Å². The number of benzene rings is 1. The fraction of sp³-hybridized carbons (Fsp3) is 0.500. The van der Waals surface area contributed by atoms with Crippen molar-refractivity contribution in [1.29, 1.82) is 0 Å². The van der Waals surface area contributed by atoms with Crippen LogP contribution in [0.15, 0.2) is 21.1 Å². The topological polar surface area (TPSA) is 53.0 Å². The van der Waals surface area contributed by atoms with Crippen LogP contribution in [0.5, 0.6) is 5.75 Å². The van der Waals surface area contributed by atoms with Crippen molar-refractivity contribution in [2.45, 2.75) is 6.61 Å². The van der Waals surface area contributed by atoms with Gasteiger partial charge in [-0.15, -0.1) is 0 Å². The highest BCUT2D eigenvalue weighted by Gasteiger charge is 2.20. The molecule has 0 unspecified atom stereocenters. The first-order chi connectivity index (χ1) is 10.0. The number of halogens is 2. The van der Waals surface area contributed by atoms with Gasteiger partial charge in [-0.2, -0.15) is 0 Å². The lowest BCUT2D eigenvalue weighted by atomic mass is 10.2. The molecule has 1 aliphatic heterocycles. The van der Waals surface area contributed by atoms with Crippen LogP contribution in [-0.4, -0.2) is 60.6 Å². The standard InChI is InChI=1S/C14H18Br2N2O3/c1-17-2-4-18(5-3-17)13(20)9-21-14-11(15)6-10(8-19)7-12(14)16/h6-7,19H,2-5,8-9H2,1H3. The van der Waals surface area contributed by atoms with Gasteiger partial charge in [0, 0.05) is 26.2 Å². The normalized spacial score (nSPS) is 16.1. The van der Waals surface area contributed by atoms with Gasteiger partial charge in [0.05, 0.1) is 15.6 Å². The van der Waals surface area contributed by atoms with Crippen molar-refractivity contribution in [2.24, 2.45) is 0 Å². The summed E-state index contributed by atoms with van der Waals surface area (Å²) in [5, 5.41) is 9.14. The van der Waals surface area contributed by atoms with Gasteiger partial charge in [0.1, 0.15) is 5.75 Å². The quantitative estimate of drug-likeness (QED) is 0.806. The van der Waals surface area contributed by atoms with E-state index in [2.05, 4.69) is 43.8 Å². The summed E-state index contributed by atoms with van der Waals surface area (Å²) >= 11 is 6.79. The maximum atomic E-state index is 12.1. The Kier molecular flexibility index (Phi) is 6.04. The third-order valence-electron chi connectivity index (χ3n) is 3.44. The average Bonchev–Trinajstić information content (AvgIpc) is 2.46. The van der Waals surface area contributed by atoms with E-state index in [1.165, 1.54) is 0 Å². The van der Waals surface area contributed by atoms with Gasteiger partial charge >= 0.3 is 0 Å². The lowest BCUT2D eigenvalue weighted by molar-refractivity contribution is -0.134. The second-order valence-electron chi connectivity index (χ2n) is 5.02. The largest absolute Gasteiger partial charge is 0.481 e. The first-order valence-corrected chi connectivity index (χ1v) is 8.27. The minimum atomic E-state index is -0.0439. The Morgan fingerprint density at radius 2 is 1.81 bits per heavy atom. The van der Waals surface area contributed by atoms with E-state index in [1.807, 2.05) is 4.90 Å². The van der Waals surface area contributed by atoms with Crippen molar-refractivity contribution in [3.05, 3.63) is 26.6 Å². The maximum Gasteiger partial charge on any atom is 0.260 e. The molecule has 7 heteroatoms. The molecule has 0 spiro atoms. The van der Waals surface area contributed by atoms with Crippen LogP contribution >= 0.6 is 31.9 Å². The summed E-state index contributed by atoms with van der Waals surface area (Å²) in [7, 11) is 2.05. The number of rotatable bonds is 4. The van der Waals surface area contributed by atoms with Crippen molar-refractivity contribution in [1.82, 2.24) is 9.80 Å². The van der Waals surface area contributed by atoms with Gasteiger partial charge in [0.25, 0.3) is 5.91 Å². The molecule has 0 aliphatic carbocycles. The number of nitrogens with zero attached hydrogens (tertiary/aromatic N) is 2. The number of hydrogen-bond acceptors (Lipinski definition) is 4. The predicted octanol–water partition coefficient (Wildman–Crippen LogP) is 1.86. The minimum Gasteiger partial charge on any atom is -0.481 e. The van der Waals surface area contributed by atoms with Crippen molar-refractivity contribution >= 4 is 37.8 Å². The van der Waals surface area contributed by atoms with E-state index in [4.69, 9.17) is 9.84 Å². The zero-order valence-corrected chi connectivity index (χ0v) is 15.0. The molecule has 5 nitrogen and oxygen atoms in total. The molecule has 0 atom stereocenters. The van der Waals surface area contributed by atoms with E-state index in [0.717, 1.165) is 31.7 Å². The SMILES string of the molecule is CN1CCN(C(=O)COc2c(Br)cc(CO)cc2Br)CC1. The van der Waals surface area contributed by atoms with Crippen LogP contribution in [0.3, 0.4) is 0 Å². The molecule has 1 aromatic carbocycles. The van der Waals surface area contributed by atoms with E-state index in [-0.39, 0.29) is 19.1 Å². The Balaban J connectivity index is 1.95. The third kappa shape index (κ3) is 4.42. The van der Waals surface area contributed by atoms with Gasteiger partial charge in [-0.25, -0.2) is 0 Å². The molecule has 1 aromatic rings. The Hall–Kier alpha value is -0.630. The second-order valence-corrected chi connectivity index (χ2v) is 6.73. The monoisotopic (exact) mass is 420 g/mol. The molecule has 0 saturated carbocycles. The summed E-state index contributed by atoms with van der Waals surface area (Å²) in [4.78, 5) is 16.2. The Morgan fingerprint density at radius 1 is 1.24 bits per heavy atom. The second kappa shape index (κ2) is 7.58. The number of piperazine rings is 1. The van der Waals surface area contributed by atoms with E-state index >= 15 is 0 Å². The average molecular weight is 422 g/mol. The lowest BCUT2D eigenvalue weighted by Gasteiger charge is -2.32. The first kappa shape index (κ1) is 16.7. The molecule has 1 fully saturated rings. The zero-order chi connectivity index (χ0) is 15.4. The number of carbonyl (C=O) groups is 1. The van der Waals surface area contributed by atoms with Crippen LogP contribution in [0.1, 0.15) is 5.56 Å². The highest BCUT2D eigenvalue weighted by atomic mass is 79.9. The summed E-state index contributed by atoms with van der Waals surface area (Å²) in [6, 6.07) is 3.56. The number of aliphatic hydroxyl groups is 1. The number of hydrogen-bond donors (Lipinski definition) is 1. The number of likely N-dealkylation sites (N-methyl/N-ethyl adjacent to an activating group) is 1. The highest BCUT2D eigenvalue weighted by Crippen LogP contribution is 2.34. The van der Waals surface area contributed by atoms with Crippen LogP contribution in [0.4, 0.5) is 0 Å². The Bertz CT molecular complexity index is 494. The van der Waals surface area contributed by atoms with Gasteiger partial charge in [-0.05, 0) is 56.6 Å². The van der Waals surface area contributed by atoms with E-state index in [1.54, 1.807) is 12.1 Å². The van der Waals surface area contributed by atoms with Crippen molar-refractivity contribution < 1.29 is 14.6 Å². The Labute approximate surface area is 141 Å². The predicted molar refractivity (Wildman–Crippen MR) is 87.3 cm³/mol. The molecule has 0 aromatic heterocycles. The smallest absolute Gasteiger partial charge is 0.260 e. The maximum absolute atomic E-state index is 12.1. The van der Waals surface area contributed by atoms with E-state index in [9.17, 15) is 4.79 Å². The lowest BCUT2D eigenvalue weighted by Crippen LogP contribution is -2.48. The van der Waals surface area contributed by atoms with Gasteiger partial charge in [-0.3, -0.25) is 4.79 Å². The number of carbonyl (C=O) groups excluding carboxylic acids is 1. The van der Waals surface area contributed by atoms with Crippen molar-refractivity contribution in [3.63, 3.8) is 0 Å². The van der Waals surface area contributed by atoms with Crippen LogP contribution in [0.25, 0.3) is 0 Å². The molecular formula is C14H18Br2N2O3. The molecule has 1 heterocycles. The number of ether oxygens (including phenoxy) is 1. The first-order valence-electron chi connectivity index (χ1n) is 6.69. The van der Waals surface area contributed by atoms with Crippen molar-refractivity contribution in [2.75, 3.05) is 39.8 Å². The molecular weight excluding hydrogens is 404 g/mol. The molecule has 0 bridgehead atoms. The molecule has 1 aliphatic rings. The zero-order valence-electron chi connectivity index (χ0n) is 11.8. The van der Waals surface area contributed by atoms with E-state index in [0.29, 0.717) is 14.7 Å². The van der Waals surface area contributed by atoms with Crippen LogP contribution in [-0.2, 0) is 11.4 Å². The van der Waals surface area contributed by atoms with Crippen LogP contribution in [0, 0.1) is 0 Å². The fourth-order valence-corrected chi connectivity index (χ4v) is 3.63.